The summed E-state index contributed by atoms with van der Waals surface area (Å²) in [7, 11) is 0. The van der Waals surface area contributed by atoms with Crippen molar-refractivity contribution in [2.24, 2.45) is 11.7 Å². The van der Waals surface area contributed by atoms with Crippen LogP contribution in [0.25, 0.3) is 0 Å². The molecule has 15 heavy (non-hydrogen) atoms. The van der Waals surface area contributed by atoms with Crippen molar-refractivity contribution >= 4 is 0 Å². The molecule has 0 fully saturated rings. The Morgan fingerprint density at radius 1 is 1.20 bits per heavy atom. The Kier molecular flexibility index (Phi) is 3.92. The van der Waals surface area contributed by atoms with E-state index in [1.807, 2.05) is 0 Å². The lowest BCUT2D eigenvalue weighted by atomic mass is 9.80. The molecule has 0 atom stereocenters. The molecule has 1 aromatic carbocycles. The molecule has 0 bridgehead atoms. The van der Waals surface area contributed by atoms with Crippen molar-refractivity contribution < 1.29 is 0 Å². The first-order chi connectivity index (χ1) is 6.97. The maximum Gasteiger partial charge on any atom is 0.00218 e. The van der Waals surface area contributed by atoms with Crippen LogP contribution >= 0.6 is 0 Å². The number of hydrogen-bond donors (Lipinski definition) is 1. The Balaban J connectivity index is 3.06. The summed E-state index contributed by atoms with van der Waals surface area (Å²) in [6, 6.07) is 8.67. The fraction of sp³-hybridized carbons (Fsp3) is 0.571. The molecule has 0 radical (unpaired) electrons. The molecule has 1 aromatic rings. The zero-order chi connectivity index (χ0) is 11.5. The predicted octanol–water partition coefficient (Wildman–Crippen LogP) is 3.12. The molecule has 0 aliphatic heterocycles. The smallest absolute Gasteiger partial charge is 0.00218 e. The molecule has 0 spiro atoms. The van der Waals surface area contributed by atoms with Crippen molar-refractivity contribution in [3.63, 3.8) is 0 Å². The third-order valence-corrected chi connectivity index (χ3v) is 2.88. The predicted molar refractivity (Wildman–Crippen MR) is 67.1 cm³/mol. The highest BCUT2D eigenvalue weighted by atomic mass is 14.6. The summed E-state index contributed by atoms with van der Waals surface area (Å²) in [4.78, 5) is 0. The van der Waals surface area contributed by atoms with Gasteiger partial charge in [0.1, 0.15) is 0 Å². The van der Waals surface area contributed by atoms with Crippen molar-refractivity contribution in [3.05, 3.63) is 35.4 Å². The highest BCUT2D eigenvalue weighted by Gasteiger charge is 2.21. The van der Waals surface area contributed by atoms with Gasteiger partial charge in [0.25, 0.3) is 0 Å². The molecule has 1 nitrogen and oxygen atoms in total. The molecular formula is C14H23N. The molecule has 0 aliphatic rings. The van der Waals surface area contributed by atoms with E-state index >= 15 is 0 Å². The van der Waals surface area contributed by atoms with E-state index in [0.717, 1.165) is 6.42 Å². The molecule has 0 saturated carbocycles. The molecule has 2 N–H and O–H groups in total. The maximum atomic E-state index is 5.84. The normalized spacial score (nSPS) is 12.1. The number of nitrogens with two attached hydrogens (primary N) is 1. The fourth-order valence-electron chi connectivity index (χ4n) is 1.91. The van der Waals surface area contributed by atoms with Crippen LogP contribution in [0.1, 0.15) is 38.8 Å². The van der Waals surface area contributed by atoms with Gasteiger partial charge in [0.2, 0.25) is 0 Å². The third kappa shape index (κ3) is 3.07. The second kappa shape index (κ2) is 4.80. The Bertz CT molecular complexity index is 313. The first kappa shape index (κ1) is 12.3. The molecule has 0 aromatic heterocycles. The zero-order valence-electron chi connectivity index (χ0n) is 10.4. The van der Waals surface area contributed by atoms with Crippen LogP contribution in [0, 0.1) is 5.92 Å². The summed E-state index contributed by atoms with van der Waals surface area (Å²) in [6.45, 7) is 9.64. The van der Waals surface area contributed by atoms with Crippen LogP contribution in [0.5, 0.6) is 0 Å². The summed E-state index contributed by atoms with van der Waals surface area (Å²) in [5.41, 5.74) is 8.78. The molecule has 0 saturated heterocycles. The summed E-state index contributed by atoms with van der Waals surface area (Å²) in [6.07, 6.45) is 1.14. The molecular weight excluding hydrogens is 182 g/mol. The van der Waals surface area contributed by atoms with Crippen LogP contribution in [0.4, 0.5) is 0 Å². The second-order valence-electron chi connectivity index (χ2n) is 5.34. The van der Waals surface area contributed by atoms with Gasteiger partial charge in [-0.1, -0.05) is 52.0 Å². The minimum atomic E-state index is 0.0888. The van der Waals surface area contributed by atoms with Gasteiger partial charge in [0.05, 0.1) is 0 Å². The van der Waals surface area contributed by atoms with Gasteiger partial charge in [-0.15, -0.1) is 0 Å². The number of rotatable bonds is 4. The van der Waals surface area contributed by atoms with Gasteiger partial charge in [-0.05, 0) is 23.5 Å². The molecule has 0 heterocycles. The van der Waals surface area contributed by atoms with E-state index in [-0.39, 0.29) is 5.41 Å². The monoisotopic (exact) mass is 205 g/mol. The molecule has 0 aliphatic carbocycles. The highest BCUT2D eigenvalue weighted by Crippen LogP contribution is 2.26. The topological polar surface area (TPSA) is 26.0 Å². The van der Waals surface area contributed by atoms with E-state index in [1.165, 1.54) is 11.1 Å². The third-order valence-electron chi connectivity index (χ3n) is 2.88. The minimum absolute atomic E-state index is 0.0888. The van der Waals surface area contributed by atoms with Crippen LogP contribution < -0.4 is 5.73 Å². The molecule has 1 rings (SSSR count). The Morgan fingerprint density at radius 2 is 1.80 bits per heavy atom. The van der Waals surface area contributed by atoms with Crippen LogP contribution in [0.15, 0.2) is 24.3 Å². The lowest BCUT2D eigenvalue weighted by molar-refractivity contribution is 0.525. The lowest BCUT2D eigenvalue weighted by Gasteiger charge is -2.26. The van der Waals surface area contributed by atoms with Crippen LogP contribution in [0.3, 0.4) is 0 Å². The molecule has 0 amide bonds. The van der Waals surface area contributed by atoms with E-state index in [9.17, 15) is 0 Å². The van der Waals surface area contributed by atoms with Crippen molar-refractivity contribution in [1.29, 1.82) is 0 Å². The van der Waals surface area contributed by atoms with Gasteiger partial charge in [-0.2, -0.15) is 0 Å². The maximum absolute atomic E-state index is 5.84. The number of hydrogen-bond acceptors (Lipinski definition) is 1. The summed E-state index contributed by atoms with van der Waals surface area (Å²) >= 11 is 0. The largest absolute Gasteiger partial charge is 0.330 e. The first-order valence-electron chi connectivity index (χ1n) is 5.76. The van der Waals surface area contributed by atoms with E-state index in [4.69, 9.17) is 5.73 Å². The van der Waals surface area contributed by atoms with Crippen molar-refractivity contribution in [2.45, 2.75) is 39.5 Å². The standard InChI is InChI=1S/C14H23N/c1-11(2)9-12-7-5-6-8-13(12)14(3,4)10-15/h5-8,11H,9-10,15H2,1-4H3. The van der Waals surface area contributed by atoms with Gasteiger partial charge in [-0.3, -0.25) is 0 Å². The summed E-state index contributed by atoms with van der Waals surface area (Å²) in [5, 5.41) is 0. The van der Waals surface area contributed by atoms with Crippen LogP contribution in [-0.4, -0.2) is 6.54 Å². The van der Waals surface area contributed by atoms with Gasteiger partial charge < -0.3 is 5.73 Å². The molecule has 1 heteroatoms. The zero-order valence-corrected chi connectivity index (χ0v) is 10.4. The van der Waals surface area contributed by atoms with Gasteiger partial charge in [-0.25, -0.2) is 0 Å². The van der Waals surface area contributed by atoms with Gasteiger partial charge in [0, 0.05) is 12.0 Å². The van der Waals surface area contributed by atoms with Crippen LogP contribution in [-0.2, 0) is 11.8 Å². The van der Waals surface area contributed by atoms with E-state index in [2.05, 4.69) is 52.0 Å². The Morgan fingerprint density at radius 3 is 2.33 bits per heavy atom. The Labute approximate surface area is 93.7 Å². The quantitative estimate of drug-likeness (QED) is 0.803. The van der Waals surface area contributed by atoms with E-state index in [1.54, 1.807) is 0 Å². The summed E-state index contributed by atoms with van der Waals surface area (Å²) < 4.78 is 0. The highest BCUT2D eigenvalue weighted by molar-refractivity contribution is 5.34. The van der Waals surface area contributed by atoms with Crippen molar-refractivity contribution in [2.75, 3.05) is 6.54 Å². The average molecular weight is 205 g/mol. The average Bonchev–Trinajstić information content (AvgIpc) is 2.17. The van der Waals surface area contributed by atoms with E-state index in [0.29, 0.717) is 12.5 Å². The van der Waals surface area contributed by atoms with Crippen molar-refractivity contribution in [1.82, 2.24) is 0 Å². The van der Waals surface area contributed by atoms with Gasteiger partial charge >= 0.3 is 0 Å². The van der Waals surface area contributed by atoms with Crippen molar-refractivity contribution in [3.8, 4) is 0 Å². The van der Waals surface area contributed by atoms with Gasteiger partial charge in [0.15, 0.2) is 0 Å². The first-order valence-corrected chi connectivity index (χ1v) is 5.76. The molecule has 0 unspecified atom stereocenters. The second-order valence-corrected chi connectivity index (χ2v) is 5.34. The minimum Gasteiger partial charge on any atom is -0.330 e. The summed E-state index contributed by atoms with van der Waals surface area (Å²) in [5.74, 6) is 0.694. The fourth-order valence-corrected chi connectivity index (χ4v) is 1.91. The SMILES string of the molecule is CC(C)Cc1ccccc1C(C)(C)CN. The Hall–Kier alpha value is -0.820. The lowest BCUT2D eigenvalue weighted by Crippen LogP contribution is -2.29. The number of benzene rings is 1. The van der Waals surface area contributed by atoms with Crippen LogP contribution in [0.2, 0.25) is 0 Å². The molecule has 84 valence electrons. The van der Waals surface area contributed by atoms with E-state index < -0.39 is 0 Å².